The third-order valence-electron chi connectivity index (χ3n) is 2.79. The van der Waals surface area contributed by atoms with Crippen LogP contribution in [0.1, 0.15) is 11.1 Å². The molecule has 0 N–H and O–H groups in total. The first kappa shape index (κ1) is 14.2. The summed E-state index contributed by atoms with van der Waals surface area (Å²) in [6.07, 6.45) is 3.52. The molecule has 1 aromatic heterocycles. The summed E-state index contributed by atoms with van der Waals surface area (Å²) < 4.78 is 0. The number of rotatable bonds is 6. The number of oxime groups is 1. The second-order valence-corrected chi connectivity index (χ2v) is 4.68. The zero-order valence-electron chi connectivity index (χ0n) is 11.9. The lowest BCUT2D eigenvalue weighted by Crippen LogP contribution is -2.17. The van der Waals surface area contributed by atoms with E-state index in [4.69, 9.17) is 4.84 Å². The maximum absolute atomic E-state index is 5.44. The summed E-state index contributed by atoms with van der Waals surface area (Å²) in [5, 5.41) is 4.30. The van der Waals surface area contributed by atoms with Gasteiger partial charge in [-0.05, 0) is 26.2 Å². The predicted octanol–water partition coefficient (Wildman–Crippen LogP) is 2.41. The van der Waals surface area contributed by atoms with Gasteiger partial charge in [-0.1, -0.05) is 35.5 Å². The van der Waals surface area contributed by atoms with Crippen molar-refractivity contribution in [1.29, 1.82) is 0 Å². The highest BCUT2D eigenvalue weighted by molar-refractivity contribution is 6.12. The molecular formula is C16H19N3O. The fourth-order valence-electron chi connectivity index (χ4n) is 1.71. The molecule has 0 aliphatic carbocycles. The van der Waals surface area contributed by atoms with Gasteiger partial charge in [-0.2, -0.15) is 0 Å². The number of benzene rings is 1. The Morgan fingerprint density at radius 2 is 1.70 bits per heavy atom. The number of hydrogen-bond donors (Lipinski definition) is 0. The molecule has 0 saturated heterocycles. The highest BCUT2D eigenvalue weighted by Crippen LogP contribution is 2.10. The largest absolute Gasteiger partial charge is 0.394 e. The maximum atomic E-state index is 5.44. The van der Waals surface area contributed by atoms with Crippen LogP contribution in [-0.2, 0) is 4.84 Å². The van der Waals surface area contributed by atoms with Crippen LogP contribution in [0.5, 0.6) is 0 Å². The first-order chi connectivity index (χ1) is 9.77. The van der Waals surface area contributed by atoms with Gasteiger partial charge in [-0.3, -0.25) is 4.98 Å². The Labute approximate surface area is 119 Å². The highest BCUT2D eigenvalue weighted by atomic mass is 16.6. The zero-order chi connectivity index (χ0) is 14.2. The van der Waals surface area contributed by atoms with Crippen LogP contribution in [-0.4, -0.2) is 42.8 Å². The number of likely N-dealkylation sites (N-methyl/N-ethyl adjacent to an activating group) is 1. The third kappa shape index (κ3) is 4.17. The Hall–Kier alpha value is -2.20. The third-order valence-corrected chi connectivity index (χ3v) is 2.79. The van der Waals surface area contributed by atoms with Gasteiger partial charge >= 0.3 is 0 Å². The molecule has 4 heteroatoms. The SMILES string of the molecule is CN(C)CCON=C(c1ccccc1)c1ccncc1. The van der Waals surface area contributed by atoms with Crippen molar-refractivity contribution < 1.29 is 4.84 Å². The molecule has 20 heavy (non-hydrogen) atoms. The van der Waals surface area contributed by atoms with E-state index in [-0.39, 0.29) is 0 Å². The average molecular weight is 269 g/mol. The van der Waals surface area contributed by atoms with E-state index in [1.807, 2.05) is 56.6 Å². The van der Waals surface area contributed by atoms with Gasteiger partial charge in [-0.25, -0.2) is 0 Å². The Morgan fingerprint density at radius 3 is 2.35 bits per heavy atom. The van der Waals surface area contributed by atoms with Crippen LogP contribution in [0.25, 0.3) is 0 Å². The van der Waals surface area contributed by atoms with Crippen molar-refractivity contribution in [1.82, 2.24) is 9.88 Å². The zero-order valence-corrected chi connectivity index (χ0v) is 11.9. The predicted molar refractivity (Wildman–Crippen MR) is 80.8 cm³/mol. The molecule has 0 amide bonds. The number of aromatic nitrogens is 1. The van der Waals surface area contributed by atoms with E-state index in [1.165, 1.54) is 0 Å². The van der Waals surface area contributed by atoms with Crippen LogP contribution in [0, 0.1) is 0 Å². The standard InChI is InChI=1S/C16H19N3O/c1-19(2)12-13-20-18-16(14-6-4-3-5-7-14)15-8-10-17-11-9-15/h3-11H,12-13H2,1-2H3. The molecule has 1 heterocycles. The molecule has 2 aromatic rings. The Balaban J connectivity index is 2.19. The summed E-state index contributed by atoms with van der Waals surface area (Å²) >= 11 is 0. The second kappa shape index (κ2) is 7.40. The van der Waals surface area contributed by atoms with Gasteiger partial charge < -0.3 is 9.74 Å². The molecule has 0 spiro atoms. The number of nitrogens with zero attached hydrogens (tertiary/aromatic N) is 3. The lowest BCUT2D eigenvalue weighted by molar-refractivity contribution is 0.126. The van der Waals surface area contributed by atoms with Gasteiger partial charge in [0, 0.05) is 30.1 Å². The van der Waals surface area contributed by atoms with Gasteiger partial charge in [0.15, 0.2) is 0 Å². The van der Waals surface area contributed by atoms with Crippen molar-refractivity contribution in [2.24, 2.45) is 5.16 Å². The molecule has 0 fully saturated rings. The van der Waals surface area contributed by atoms with Gasteiger partial charge in [0.2, 0.25) is 0 Å². The Morgan fingerprint density at radius 1 is 1.05 bits per heavy atom. The first-order valence-corrected chi connectivity index (χ1v) is 6.58. The smallest absolute Gasteiger partial charge is 0.129 e. The number of pyridine rings is 1. The van der Waals surface area contributed by atoms with Crippen LogP contribution in [0.2, 0.25) is 0 Å². The second-order valence-electron chi connectivity index (χ2n) is 4.68. The topological polar surface area (TPSA) is 37.7 Å². The van der Waals surface area contributed by atoms with Crippen LogP contribution in [0.4, 0.5) is 0 Å². The summed E-state index contributed by atoms with van der Waals surface area (Å²) in [5.74, 6) is 0. The van der Waals surface area contributed by atoms with Crippen LogP contribution < -0.4 is 0 Å². The summed E-state index contributed by atoms with van der Waals surface area (Å²) in [4.78, 5) is 11.5. The summed E-state index contributed by atoms with van der Waals surface area (Å²) in [7, 11) is 4.02. The van der Waals surface area contributed by atoms with E-state index in [2.05, 4.69) is 15.0 Å². The Kier molecular flexibility index (Phi) is 5.26. The molecule has 4 nitrogen and oxygen atoms in total. The number of hydrogen-bond acceptors (Lipinski definition) is 4. The maximum Gasteiger partial charge on any atom is 0.129 e. The molecule has 0 atom stereocenters. The fraction of sp³-hybridized carbons (Fsp3) is 0.250. The molecule has 0 saturated carbocycles. The van der Waals surface area contributed by atoms with E-state index < -0.39 is 0 Å². The minimum absolute atomic E-state index is 0.564. The lowest BCUT2D eigenvalue weighted by Gasteiger charge is -2.10. The van der Waals surface area contributed by atoms with Crippen molar-refractivity contribution in [3.8, 4) is 0 Å². The lowest BCUT2D eigenvalue weighted by atomic mass is 10.0. The molecule has 0 bridgehead atoms. The van der Waals surface area contributed by atoms with E-state index in [0.29, 0.717) is 6.61 Å². The van der Waals surface area contributed by atoms with Crippen molar-refractivity contribution in [2.75, 3.05) is 27.2 Å². The molecule has 0 unspecified atom stereocenters. The summed E-state index contributed by atoms with van der Waals surface area (Å²) in [6.45, 7) is 1.40. The quantitative estimate of drug-likeness (QED) is 0.459. The van der Waals surface area contributed by atoms with Crippen molar-refractivity contribution in [3.63, 3.8) is 0 Å². The molecule has 2 rings (SSSR count). The molecule has 1 aromatic carbocycles. The van der Waals surface area contributed by atoms with Gasteiger partial charge in [0.05, 0.1) is 0 Å². The van der Waals surface area contributed by atoms with E-state index in [0.717, 1.165) is 23.4 Å². The van der Waals surface area contributed by atoms with Crippen LogP contribution in [0.15, 0.2) is 60.0 Å². The van der Waals surface area contributed by atoms with E-state index >= 15 is 0 Å². The monoisotopic (exact) mass is 269 g/mol. The molecule has 0 aliphatic rings. The van der Waals surface area contributed by atoms with E-state index in [1.54, 1.807) is 12.4 Å². The van der Waals surface area contributed by atoms with E-state index in [9.17, 15) is 0 Å². The highest BCUT2D eigenvalue weighted by Gasteiger charge is 2.07. The summed E-state index contributed by atoms with van der Waals surface area (Å²) in [5.41, 5.74) is 2.85. The minimum atomic E-state index is 0.564. The van der Waals surface area contributed by atoms with Gasteiger partial charge in [-0.15, -0.1) is 0 Å². The average Bonchev–Trinajstić information content (AvgIpc) is 2.49. The van der Waals surface area contributed by atoms with Gasteiger partial charge in [0.1, 0.15) is 12.3 Å². The molecule has 0 radical (unpaired) electrons. The van der Waals surface area contributed by atoms with Gasteiger partial charge in [0.25, 0.3) is 0 Å². The molecule has 0 aliphatic heterocycles. The van der Waals surface area contributed by atoms with Crippen molar-refractivity contribution in [3.05, 3.63) is 66.0 Å². The Bertz CT molecular complexity index is 497. The van der Waals surface area contributed by atoms with Crippen LogP contribution in [0.3, 0.4) is 0 Å². The van der Waals surface area contributed by atoms with Crippen LogP contribution >= 0.6 is 0 Å². The first-order valence-electron chi connectivity index (χ1n) is 6.58. The normalized spacial score (nSPS) is 11.7. The van der Waals surface area contributed by atoms with Crippen molar-refractivity contribution >= 4 is 5.71 Å². The summed E-state index contributed by atoms with van der Waals surface area (Å²) in [6, 6.07) is 13.9. The fourth-order valence-corrected chi connectivity index (χ4v) is 1.71. The van der Waals surface area contributed by atoms with Crippen molar-refractivity contribution in [2.45, 2.75) is 0 Å². The minimum Gasteiger partial charge on any atom is -0.394 e. The molecular weight excluding hydrogens is 250 g/mol. The molecule has 104 valence electrons.